The molecule has 0 aliphatic heterocycles. The topological polar surface area (TPSA) is 0 Å². The summed E-state index contributed by atoms with van der Waals surface area (Å²) < 4.78 is 41.0. The van der Waals surface area contributed by atoms with E-state index in [9.17, 15) is 13.2 Å². The summed E-state index contributed by atoms with van der Waals surface area (Å²) in [5, 5.41) is 0. The van der Waals surface area contributed by atoms with Gasteiger partial charge in [-0.2, -0.15) is 0 Å². The first kappa shape index (κ1) is 11.7. The van der Waals surface area contributed by atoms with Crippen molar-refractivity contribution in [1.29, 1.82) is 0 Å². The van der Waals surface area contributed by atoms with E-state index < -0.39 is 17.5 Å². The van der Waals surface area contributed by atoms with Crippen molar-refractivity contribution < 1.29 is 13.2 Å². The van der Waals surface area contributed by atoms with Crippen molar-refractivity contribution in [2.24, 2.45) is 0 Å². The maximum atomic E-state index is 13.7. The summed E-state index contributed by atoms with van der Waals surface area (Å²) in [5.74, 6) is -2.11. The Labute approximate surface area is 97.7 Å². The summed E-state index contributed by atoms with van der Waals surface area (Å²) in [4.78, 5) is 0. The van der Waals surface area contributed by atoms with Crippen molar-refractivity contribution in [1.82, 2.24) is 0 Å². The molecule has 17 heavy (non-hydrogen) atoms. The molecule has 0 heterocycles. The Bertz CT molecular complexity index is 551. The zero-order valence-corrected chi connectivity index (χ0v) is 9.52. The van der Waals surface area contributed by atoms with Crippen LogP contribution in [0.5, 0.6) is 0 Å². The highest BCUT2D eigenvalue weighted by molar-refractivity contribution is 5.66. The van der Waals surface area contributed by atoms with E-state index in [2.05, 4.69) is 0 Å². The molecule has 0 nitrogen and oxygen atoms in total. The van der Waals surface area contributed by atoms with E-state index >= 15 is 0 Å². The maximum Gasteiger partial charge on any atom is 0.134 e. The Hall–Kier alpha value is -1.77. The Morgan fingerprint density at radius 1 is 0.706 bits per heavy atom. The molecular formula is C14H11F3. The number of aryl methyl sites for hydroxylation is 2. The fourth-order valence-electron chi connectivity index (χ4n) is 1.78. The minimum absolute atomic E-state index is 0.0504. The first-order chi connectivity index (χ1) is 7.99. The van der Waals surface area contributed by atoms with Gasteiger partial charge in [0.2, 0.25) is 0 Å². The number of hydrogen-bond donors (Lipinski definition) is 0. The molecule has 0 amide bonds. The van der Waals surface area contributed by atoms with Crippen LogP contribution < -0.4 is 0 Å². The summed E-state index contributed by atoms with van der Waals surface area (Å²) in [6.45, 7) is 3.30. The molecule has 0 aliphatic rings. The molecule has 0 unspecified atom stereocenters. The monoisotopic (exact) mass is 236 g/mol. The number of rotatable bonds is 1. The van der Waals surface area contributed by atoms with E-state index in [4.69, 9.17) is 0 Å². The molecule has 0 atom stereocenters. The molecule has 0 aliphatic carbocycles. The van der Waals surface area contributed by atoms with E-state index in [-0.39, 0.29) is 11.1 Å². The minimum Gasteiger partial charge on any atom is -0.206 e. The zero-order chi connectivity index (χ0) is 12.6. The van der Waals surface area contributed by atoms with Crippen LogP contribution >= 0.6 is 0 Å². The summed E-state index contributed by atoms with van der Waals surface area (Å²) in [6.07, 6.45) is 0. The quantitative estimate of drug-likeness (QED) is 0.689. The van der Waals surface area contributed by atoms with E-state index in [0.29, 0.717) is 11.1 Å². The van der Waals surface area contributed by atoms with Gasteiger partial charge in [0, 0.05) is 5.56 Å². The lowest BCUT2D eigenvalue weighted by atomic mass is 10.0. The van der Waals surface area contributed by atoms with Crippen LogP contribution in [0.2, 0.25) is 0 Å². The minimum atomic E-state index is -0.745. The molecule has 0 bridgehead atoms. The van der Waals surface area contributed by atoms with Crippen LogP contribution in [0.3, 0.4) is 0 Å². The van der Waals surface area contributed by atoms with Gasteiger partial charge in [-0.05, 0) is 43.2 Å². The molecule has 3 heteroatoms. The SMILES string of the molecule is Cc1ccc(-c2c(F)cc(C)cc2F)c(F)c1. The average molecular weight is 236 g/mol. The van der Waals surface area contributed by atoms with Crippen molar-refractivity contribution >= 4 is 0 Å². The van der Waals surface area contributed by atoms with Crippen LogP contribution in [0.15, 0.2) is 30.3 Å². The number of benzene rings is 2. The summed E-state index contributed by atoms with van der Waals surface area (Å²) in [5.41, 5.74) is 0.814. The first-order valence-corrected chi connectivity index (χ1v) is 5.21. The standard InChI is InChI=1S/C14H11F3/c1-8-3-4-10(11(15)5-8)14-12(16)6-9(2)7-13(14)17/h3-7H,1-2H3. The highest BCUT2D eigenvalue weighted by atomic mass is 19.1. The van der Waals surface area contributed by atoms with Crippen molar-refractivity contribution in [2.75, 3.05) is 0 Å². The molecule has 0 radical (unpaired) electrons. The molecule has 2 aromatic rings. The van der Waals surface area contributed by atoms with Crippen molar-refractivity contribution in [3.8, 4) is 11.1 Å². The molecule has 0 aromatic heterocycles. The lowest BCUT2D eigenvalue weighted by molar-refractivity contribution is 0.580. The van der Waals surface area contributed by atoms with Crippen LogP contribution in [0, 0.1) is 31.3 Å². The molecular weight excluding hydrogens is 225 g/mol. The predicted molar refractivity (Wildman–Crippen MR) is 61.2 cm³/mol. The van der Waals surface area contributed by atoms with Crippen LogP contribution in [0.4, 0.5) is 13.2 Å². The fourth-order valence-corrected chi connectivity index (χ4v) is 1.78. The van der Waals surface area contributed by atoms with E-state index in [1.54, 1.807) is 19.9 Å². The van der Waals surface area contributed by atoms with Gasteiger partial charge in [0.1, 0.15) is 17.5 Å². The Morgan fingerprint density at radius 3 is 1.76 bits per heavy atom. The normalized spacial score (nSPS) is 10.6. The smallest absolute Gasteiger partial charge is 0.134 e. The van der Waals surface area contributed by atoms with Crippen molar-refractivity contribution in [3.05, 3.63) is 58.9 Å². The van der Waals surface area contributed by atoms with E-state index in [0.717, 1.165) is 0 Å². The van der Waals surface area contributed by atoms with Gasteiger partial charge in [0.05, 0.1) is 5.56 Å². The fraction of sp³-hybridized carbons (Fsp3) is 0.143. The highest BCUT2D eigenvalue weighted by Crippen LogP contribution is 2.29. The number of halogens is 3. The summed E-state index contributed by atoms with van der Waals surface area (Å²) in [7, 11) is 0. The predicted octanol–water partition coefficient (Wildman–Crippen LogP) is 4.39. The van der Waals surface area contributed by atoms with Crippen LogP contribution in [-0.2, 0) is 0 Å². The second-order valence-corrected chi connectivity index (χ2v) is 4.09. The second-order valence-electron chi connectivity index (χ2n) is 4.09. The van der Waals surface area contributed by atoms with Crippen molar-refractivity contribution in [3.63, 3.8) is 0 Å². The van der Waals surface area contributed by atoms with Gasteiger partial charge >= 0.3 is 0 Å². The van der Waals surface area contributed by atoms with Gasteiger partial charge in [-0.3, -0.25) is 0 Å². The van der Waals surface area contributed by atoms with E-state index in [1.165, 1.54) is 24.3 Å². The van der Waals surface area contributed by atoms with Gasteiger partial charge in [-0.15, -0.1) is 0 Å². The highest BCUT2D eigenvalue weighted by Gasteiger charge is 2.15. The second kappa shape index (κ2) is 4.24. The largest absolute Gasteiger partial charge is 0.206 e. The Morgan fingerprint density at radius 2 is 1.24 bits per heavy atom. The molecule has 2 rings (SSSR count). The van der Waals surface area contributed by atoms with Gasteiger partial charge in [-0.25, -0.2) is 13.2 Å². The molecule has 0 N–H and O–H groups in total. The van der Waals surface area contributed by atoms with Gasteiger partial charge in [0.15, 0.2) is 0 Å². The lowest BCUT2D eigenvalue weighted by Gasteiger charge is -2.08. The molecule has 0 saturated heterocycles. The average Bonchev–Trinajstić information content (AvgIpc) is 2.19. The first-order valence-electron chi connectivity index (χ1n) is 5.21. The molecule has 2 aromatic carbocycles. The summed E-state index contributed by atoms with van der Waals surface area (Å²) >= 11 is 0. The van der Waals surface area contributed by atoms with Crippen LogP contribution in [0.1, 0.15) is 11.1 Å². The van der Waals surface area contributed by atoms with Crippen LogP contribution in [-0.4, -0.2) is 0 Å². The number of hydrogen-bond acceptors (Lipinski definition) is 0. The third-order valence-electron chi connectivity index (χ3n) is 2.58. The maximum absolute atomic E-state index is 13.7. The zero-order valence-electron chi connectivity index (χ0n) is 9.52. The third kappa shape index (κ3) is 2.18. The van der Waals surface area contributed by atoms with Gasteiger partial charge < -0.3 is 0 Å². The molecule has 0 fully saturated rings. The van der Waals surface area contributed by atoms with Gasteiger partial charge in [0.25, 0.3) is 0 Å². The van der Waals surface area contributed by atoms with Crippen LogP contribution in [0.25, 0.3) is 11.1 Å². The molecule has 88 valence electrons. The Kier molecular flexibility index (Phi) is 2.92. The Balaban J connectivity index is 2.68. The summed E-state index contributed by atoms with van der Waals surface area (Å²) in [6, 6.07) is 6.65. The lowest BCUT2D eigenvalue weighted by Crippen LogP contribution is -1.95. The van der Waals surface area contributed by atoms with E-state index in [1.807, 2.05) is 0 Å². The molecule has 0 saturated carbocycles. The third-order valence-corrected chi connectivity index (χ3v) is 2.58. The molecule has 0 spiro atoms. The van der Waals surface area contributed by atoms with Crippen molar-refractivity contribution in [2.45, 2.75) is 13.8 Å². The van der Waals surface area contributed by atoms with Gasteiger partial charge in [-0.1, -0.05) is 12.1 Å².